The third-order valence-electron chi connectivity index (χ3n) is 1.79. The monoisotopic (exact) mass is 157 g/mol. The average molecular weight is 157 g/mol. The Bertz CT molecular complexity index is 338. The Labute approximate surface area is 71.4 Å². The van der Waals surface area contributed by atoms with Gasteiger partial charge >= 0.3 is 0 Å². The fourth-order valence-corrected chi connectivity index (χ4v) is 1.20. The Morgan fingerprint density at radius 2 is 2.42 bits per heavy atom. The van der Waals surface area contributed by atoms with Crippen molar-refractivity contribution < 1.29 is 4.74 Å². The molecule has 0 aliphatic carbocycles. The van der Waals surface area contributed by atoms with E-state index >= 15 is 0 Å². The minimum atomic E-state index is 0.637. The minimum absolute atomic E-state index is 0.637. The fourth-order valence-electron chi connectivity index (χ4n) is 1.20. The number of hydrogen-bond acceptors (Lipinski definition) is 2. The van der Waals surface area contributed by atoms with E-state index in [0.29, 0.717) is 12.2 Å². The SMILES string of the molecule is N#Cc1ccc2c(c1)OCC[C]2. The van der Waals surface area contributed by atoms with Gasteiger partial charge in [-0.15, -0.1) is 0 Å². The van der Waals surface area contributed by atoms with E-state index < -0.39 is 0 Å². The van der Waals surface area contributed by atoms with Crippen LogP contribution in [0, 0.1) is 17.8 Å². The van der Waals surface area contributed by atoms with Gasteiger partial charge in [0.1, 0.15) is 5.75 Å². The Morgan fingerprint density at radius 1 is 1.50 bits per heavy atom. The molecule has 2 radical (unpaired) electrons. The first-order valence-electron chi connectivity index (χ1n) is 3.81. The second kappa shape index (κ2) is 2.86. The van der Waals surface area contributed by atoms with Crippen molar-refractivity contribution in [3.63, 3.8) is 0 Å². The van der Waals surface area contributed by atoms with E-state index in [0.717, 1.165) is 17.7 Å². The molecular formula is C10H7NO. The molecule has 1 aromatic carbocycles. The smallest absolute Gasteiger partial charge is 0.124 e. The predicted octanol–water partition coefficient (Wildman–Crippen LogP) is 1.77. The third kappa shape index (κ3) is 1.14. The first-order valence-corrected chi connectivity index (χ1v) is 3.81. The highest BCUT2D eigenvalue weighted by Crippen LogP contribution is 2.26. The predicted molar refractivity (Wildman–Crippen MR) is 43.6 cm³/mol. The number of fused-ring (bicyclic) bond motifs is 1. The highest BCUT2D eigenvalue weighted by Gasteiger charge is 2.10. The van der Waals surface area contributed by atoms with Crippen LogP contribution in [0.1, 0.15) is 17.5 Å². The van der Waals surface area contributed by atoms with Crippen molar-refractivity contribution in [3.8, 4) is 11.8 Å². The Balaban J connectivity index is 2.44. The molecule has 2 nitrogen and oxygen atoms in total. The zero-order valence-electron chi connectivity index (χ0n) is 6.50. The van der Waals surface area contributed by atoms with Crippen LogP contribution >= 0.6 is 0 Å². The highest BCUT2D eigenvalue weighted by atomic mass is 16.5. The van der Waals surface area contributed by atoms with Crippen LogP contribution in [0.15, 0.2) is 18.2 Å². The third-order valence-corrected chi connectivity index (χ3v) is 1.79. The lowest BCUT2D eigenvalue weighted by molar-refractivity contribution is 0.306. The van der Waals surface area contributed by atoms with Gasteiger partial charge in [0.05, 0.1) is 18.2 Å². The standard InChI is InChI=1S/C10H7NO/c11-7-8-3-4-9-2-1-5-12-10(9)6-8/h3-4,6H,1,5H2. The largest absolute Gasteiger partial charge is 0.493 e. The highest BCUT2D eigenvalue weighted by molar-refractivity contribution is 5.46. The van der Waals surface area contributed by atoms with Gasteiger partial charge in [0, 0.05) is 12.0 Å². The van der Waals surface area contributed by atoms with Crippen LogP contribution in [0.3, 0.4) is 0 Å². The van der Waals surface area contributed by atoms with Crippen LogP contribution in [-0.4, -0.2) is 6.61 Å². The lowest BCUT2D eigenvalue weighted by atomic mass is 10.0. The van der Waals surface area contributed by atoms with E-state index in [1.54, 1.807) is 12.1 Å². The van der Waals surface area contributed by atoms with Crippen LogP contribution in [0.5, 0.6) is 5.75 Å². The molecule has 58 valence electrons. The van der Waals surface area contributed by atoms with Gasteiger partial charge in [0.15, 0.2) is 0 Å². The van der Waals surface area contributed by atoms with Crippen molar-refractivity contribution in [1.82, 2.24) is 0 Å². The summed E-state index contributed by atoms with van der Waals surface area (Å²) in [6, 6.07) is 7.47. The topological polar surface area (TPSA) is 33.0 Å². The lowest BCUT2D eigenvalue weighted by Gasteiger charge is -2.15. The van der Waals surface area contributed by atoms with Crippen molar-refractivity contribution in [1.29, 1.82) is 5.26 Å². The van der Waals surface area contributed by atoms with Crippen LogP contribution < -0.4 is 4.74 Å². The van der Waals surface area contributed by atoms with Gasteiger partial charge in [-0.3, -0.25) is 0 Å². The van der Waals surface area contributed by atoms with Crippen molar-refractivity contribution in [2.75, 3.05) is 6.61 Å². The van der Waals surface area contributed by atoms with Crippen LogP contribution in [0.4, 0.5) is 0 Å². The van der Waals surface area contributed by atoms with Gasteiger partial charge in [-0.05, 0) is 18.6 Å². The molecule has 0 aromatic heterocycles. The quantitative estimate of drug-likeness (QED) is 0.575. The molecule has 0 spiro atoms. The molecule has 12 heavy (non-hydrogen) atoms. The van der Waals surface area contributed by atoms with Crippen LogP contribution in [0.2, 0.25) is 0 Å². The maximum absolute atomic E-state index is 8.61. The fraction of sp³-hybridized carbons (Fsp3) is 0.200. The second-order valence-electron chi connectivity index (χ2n) is 2.60. The summed E-state index contributed by atoms with van der Waals surface area (Å²) < 4.78 is 5.35. The molecule has 1 aliphatic rings. The van der Waals surface area contributed by atoms with E-state index in [9.17, 15) is 0 Å². The first kappa shape index (κ1) is 7.17. The number of rotatable bonds is 0. The summed E-state index contributed by atoms with van der Waals surface area (Å²) in [5, 5.41) is 8.61. The van der Waals surface area contributed by atoms with E-state index in [1.165, 1.54) is 0 Å². The minimum Gasteiger partial charge on any atom is -0.493 e. The Morgan fingerprint density at radius 3 is 3.25 bits per heavy atom. The van der Waals surface area contributed by atoms with E-state index in [2.05, 4.69) is 12.5 Å². The van der Waals surface area contributed by atoms with Crippen molar-refractivity contribution in [3.05, 3.63) is 35.7 Å². The molecule has 2 heteroatoms. The summed E-state index contributed by atoms with van der Waals surface area (Å²) in [5.41, 5.74) is 1.61. The number of ether oxygens (including phenoxy) is 1. The molecule has 0 amide bonds. The number of nitrogens with zero attached hydrogens (tertiary/aromatic N) is 1. The first-order chi connectivity index (χ1) is 5.90. The molecule has 0 atom stereocenters. The number of nitriles is 1. The summed E-state index contributed by atoms with van der Waals surface area (Å²) in [6.45, 7) is 0.669. The van der Waals surface area contributed by atoms with Crippen molar-refractivity contribution in [2.24, 2.45) is 0 Å². The molecule has 0 saturated carbocycles. The Hall–Kier alpha value is -1.49. The Kier molecular flexibility index (Phi) is 1.71. The van der Waals surface area contributed by atoms with Gasteiger partial charge in [0.2, 0.25) is 0 Å². The van der Waals surface area contributed by atoms with Gasteiger partial charge in [-0.1, -0.05) is 6.07 Å². The van der Waals surface area contributed by atoms with Crippen molar-refractivity contribution >= 4 is 0 Å². The molecule has 1 aromatic rings. The van der Waals surface area contributed by atoms with Gasteiger partial charge in [-0.25, -0.2) is 0 Å². The molecule has 1 heterocycles. The molecule has 2 rings (SSSR count). The van der Waals surface area contributed by atoms with Gasteiger partial charge in [-0.2, -0.15) is 5.26 Å². The summed E-state index contributed by atoms with van der Waals surface area (Å²) in [4.78, 5) is 0. The summed E-state index contributed by atoms with van der Waals surface area (Å²) in [7, 11) is 0. The molecule has 0 bridgehead atoms. The normalized spacial score (nSPS) is 14.2. The van der Waals surface area contributed by atoms with Crippen molar-refractivity contribution in [2.45, 2.75) is 6.42 Å². The average Bonchev–Trinajstić information content (AvgIpc) is 2.17. The zero-order valence-corrected chi connectivity index (χ0v) is 6.50. The number of hydrogen-bond donors (Lipinski definition) is 0. The molecule has 1 aliphatic heterocycles. The van der Waals surface area contributed by atoms with E-state index in [-0.39, 0.29) is 0 Å². The second-order valence-corrected chi connectivity index (χ2v) is 2.60. The zero-order chi connectivity index (χ0) is 8.39. The van der Waals surface area contributed by atoms with Gasteiger partial charge in [0.25, 0.3) is 0 Å². The summed E-state index contributed by atoms with van der Waals surface area (Å²) in [6.07, 6.45) is 4.01. The maximum Gasteiger partial charge on any atom is 0.124 e. The van der Waals surface area contributed by atoms with E-state index in [4.69, 9.17) is 10.00 Å². The molecular weight excluding hydrogens is 150 g/mol. The molecule has 0 N–H and O–H groups in total. The van der Waals surface area contributed by atoms with Crippen LogP contribution in [-0.2, 0) is 0 Å². The molecule has 0 unspecified atom stereocenters. The van der Waals surface area contributed by atoms with Gasteiger partial charge < -0.3 is 4.74 Å². The number of benzene rings is 1. The van der Waals surface area contributed by atoms with E-state index in [1.807, 2.05) is 6.07 Å². The molecule has 0 saturated heterocycles. The lowest BCUT2D eigenvalue weighted by Crippen LogP contribution is -2.06. The summed E-state index contributed by atoms with van der Waals surface area (Å²) >= 11 is 0. The summed E-state index contributed by atoms with van der Waals surface area (Å²) in [5.74, 6) is 0.778. The molecule has 0 fully saturated rings. The maximum atomic E-state index is 8.61. The van der Waals surface area contributed by atoms with Crippen LogP contribution in [0.25, 0.3) is 0 Å².